The fourth-order valence-corrected chi connectivity index (χ4v) is 2.45. The summed E-state index contributed by atoms with van der Waals surface area (Å²) in [5.74, 6) is 2.58. The van der Waals surface area contributed by atoms with Crippen molar-refractivity contribution in [2.75, 3.05) is 31.1 Å². The molecule has 0 aromatic heterocycles. The highest BCUT2D eigenvalue weighted by molar-refractivity contribution is 7.99. The van der Waals surface area contributed by atoms with Crippen LogP contribution in [0.5, 0.6) is 0 Å². The van der Waals surface area contributed by atoms with Crippen molar-refractivity contribution in [1.29, 1.82) is 0 Å². The van der Waals surface area contributed by atoms with Gasteiger partial charge >= 0.3 is 0 Å². The first-order valence-electron chi connectivity index (χ1n) is 4.40. The number of hydrogen-bond donors (Lipinski definition) is 1. The molecular weight excluding hydrogens is 156 g/mol. The highest BCUT2D eigenvalue weighted by atomic mass is 32.2. The molecule has 3 heteroatoms. The van der Waals surface area contributed by atoms with Gasteiger partial charge in [-0.05, 0) is 6.42 Å². The number of hydrogen-bond acceptors (Lipinski definition) is 3. The predicted octanol–water partition coefficient (Wildman–Crippen LogP) is 0.773. The summed E-state index contributed by atoms with van der Waals surface area (Å²) in [4.78, 5) is 2.52. The zero-order chi connectivity index (χ0) is 8.10. The molecule has 1 aliphatic rings. The third-order valence-corrected chi connectivity index (χ3v) is 3.25. The standard InChI is InChI=1S/C8H18N2S/c1-2-8(7-9)10-3-5-11-6-4-10/h8H,2-7,9H2,1H3. The smallest absolute Gasteiger partial charge is 0.0216 e. The highest BCUT2D eigenvalue weighted by Crippen LogP contribution is 2.12. The summed E-state index contributed by atoms with van der Waals surface area (Å²) in [6.07, 6.45) is 1.20. The van der Waals surface area contributed by atoms with Crippen LogP contribution in [0.1, 0.15) is 13.3 Å². The van der Waals surface area contributed by atoms with Gasteiger partial charge in [-0.1, -0.05) is 6.92 Å². The zero-order valence-electron chi connectivity index (χ0n) is 7.25. The lowest BCUT2D eigenvalue weighted by molar-refractivity contribution is 0.215. The molecule has 0 amide bonds. The average Bonchev–Trinajstić information content (AvgIpc) is 2.09. The maximum Gasteiger partial charge on any atom is 0.0216 e. The van der Waals surface area contributed by atoms with Crippen LogP contribution in [-0.2, 0) is 0 Å². The molecule has 1 saturated heterocycles. The summed E-state index contributed by atoms with van der Waals surface area (Å²) in [5.41, 5.74) is 5.67. The molecule has 2 N–H and O–H groups in total. The van der Waals surface area contributed by atoms with Crippen LogP contribution in [0.4, 0.5) is 0 Å². The van der Waals surface area contributed by atoms with E-state index < -0.39 is 0 Å². The van der Waals surface area contributed by atoms with Crippen molar-refractivity contribution in [3.05, 3.63) is 0 Å². The molecule has 1 unspecified atom stereocenters. The van der Waals surface area contributed by atoms with E-state index in [1.807, 2.05) is 0 Å². The van der Waals surface area contributed by atoms with Gasteiger partial charge in [-0.15, -0.1) is 0 Å². The number of nitrogens with two attached hydrogens (primary N) is 1. The molecule has 1 atom stereocenters. The minimum atomic E-state index is 0.635. The van der Waals surface area contributed by atoms with Crippen LogP contribution < -0.4 is 5.73 Å². The van der Waals surface area contributed by atoms with Gasteiger partial charge in [0.1, 0.15) is 0 Å². The average molecular weight is 174 g/mol. The van der Waals surface area contributed by atoms with Crippen LogP contribution in [0, 0.1) is 0 Å². The summed E-state index contributed by atoms with van der Waals surface area (Å²) >= 11 is 2.05. The first kappa shape index (κ1) is 9.36. The van der Waals surface area contributed by atoms with E-state index in [0.717, 1.165) is 6.54 Å². The Morgan fingerprint density at radius 1 is 1.45 bits per heavy atom. The largest absolute Gasteiger partial charge is 0.329 e. The van der Waals surface area contributed by atoms with E-state index in [9.17, 15) is 0 Å². The van der Waals surface area contributed by atoms with Crippen molar-refractivity contribution in [2.24, 2.45) is 5.73 Å². The van der Waals surface area contributed by atoms with Gasteiger partial charge in [-0.2, -0.15) is 11.8 Å². The van der Waals surface area contributed by atoms with Crippen LogP contribution in [-0.4, -0.2) is 42.1 Å². The van der Waals surface area contributed by atoms with E-state index in [0.29, 0.717) is 6.04 Å². The Balaban J connectivity index is 2.30. The van der Waals surface area contributed by atoms with Gasteiger partial charge in [0, 0.05) is 37.2 Å². The van der Waals surface area contributed by atoms with E-state index in [1.54, 1.807) is 0 Å². The molecule has 1 heterocycles. The first-order chi connectivity index (χ1) is 5.38. The van der Waals surface area contributed by atoms with E-state index in [-0.39, 0.29) is 0 Å². The Labute approximate surface area is 73.5 Å². The molecular formula is C8H18N2S. The Kier molecular flexibility index (Phi) is 4.26. The summed E-state index contributed by atoms with van der Waals surface area (Å²) < 4.78 is 0. The van der Waals surface area contributed by atoms with Gasteiger partial charge in [0.2, 0.25) is 0 Å². The quantitative estimate of drug-likeness (QED) is 0.685. The van der Waals surface area contributed by atoms with Crippen molar-refractivity contribution >= 4 is 11.8 Å². The normalized spacial score (nSPS) is 23.5. The molecule has 0 radical (unpaired) electrons. The molecule has 11 heavy (non-hydrogen) atoms. The number of nitrogens with zero attached hydrogens (tertiary/aromatic N) is 1. The summed E-state index contributed by atoms with van der Waals surface area (Å²) in [6.45, 7) is 5.52. The minimum absolute atomic E-state index is 0.635. The van der Waals surface area contributed by atoms with Gasteiger partial charge in [-0.25, -0.2) is 0 Å². The third kappa shape index (κ3) is 2.65. The van der Waals surface area contributed by atoms with Crippen LogP contribution in [0.3, 0.4) is 0 Å². The zero-order valence-corrected chi connectivity index (χ0v) is 8.07. The SMILES string of the molecule is CCC(CN)N1CCSCC1. The maximum atomic E-state index is 5.67. The third-order valence-electron chi connectivity index (χ3n) is 2.31. The monoisotopic (exact) mass is 174 g/mol. The number of thioether (sulfide) groups is 1. The minimum Gasteiger partial charge on any atom is -0.329 e. The van der Waals surface area contributed by atoms with E-state index in [1.165, 1.54) is 31.0 Å². The molecule has 0 bridgehead atoms. The van der Waals surface area contributed by atoms with E-state index in [4.69, 9.17) is 5.73 Å². The van der Waals surface area contributed by atoms with Gasteiger partial charge in [0.25, 0.3) is 0 Å². The maximum absolute atomic E-state index is 5.67. The second-order valence-electron chi connectivity index (χ2n) is 2.95. The van der Waals surface area contributed by atoms with Crippen molar-refractivity contribution < 1.29 is 0 Å². The molecule has 0 aromatic carbocycles. The molecule has 0 aromatic rings. The van der Waals surface area contributed by atoms with Gasteiger partial charge in [0.05, 0.1) is 0 Å². The Hall–Kier alpha value is 0.270. The molecule has 0 spiro atoms. The topological polar surface area (TPSA) is 29.3 Å². The van der Waals surface area contributed by atoms with Crippen LogP contribution in [0.15, 0.2) is 0 Å². The lowest BCUT2D eigenvalue weighted by Crippen LogP contribution is -2.44. The first-order valence-corrected chi connectivity index (χ1v) is 5.55. The fourth-order valence-electron chi connectivity index (χ4n) is 1.52. The lowest BCUT2D eigenvalue weighted by atomic mass is 10.2. The van der Waals surface area contributed by atoms with Crippen molar-refractivity contribution in [1.82, 2.24) is 4.90 Å². The highest BCUT2D eigenvalue weighted by Gasteiger charge is 2.17. The van der Waals surface area contributed by atoms with Crippen molar-refractivity contribution in [2.45, 2.75) is 19.4 Å². The lowest BCUT2D eigenvalue weighted by Gasteiger charge is -2.32. The van der Waals surface area contributed by atoms with Gasteiger partial charge < -0.3 is 5.73 Å². The molecule has 0 aliphatic carbocycles. The van der Waals surface area contributed by atoms with Gasteiger partial charge in [0.15, 0.2) is 0 Å². The van der Waals surface area contributed by atoms with Crippen LogP contribution in [0.2, 0.25) is 0 Å². The summed E-state index contributed by atoms with van der Waals surface area (Å²) in [7, 11) is 0. The summed E-state index contributed by atoms with van der Waals surface area (Å²) in [6, 6.07) is 0.635. The molecule has 1 fully saturated rings. The molecule has 66 valence electrons. The Bertz CT molecular complexity index is 98.3. The van der Waals surface area contributed by atoms with E-state index >= 15 is 0 Å². The fraction of sp³-hybridized carbons (Fsp3) is 1.00. The second-order valence-corrected chi connectivity index (χ2v) is 4.17. The Morgan fingerprint density at radius 3 is 2.55 bits per heavy atom. The molecule has 1 rings (SSSR count). The van der Waals surface area contributed by atoms with E-state index in [2.05, 4.69) is 23.6 Å². The predicted molar refractivity (Wildman–Crippen MR) is 52.0 cm³/mol. The van der Waals surface area contributed by atoms with Gasteiger partial charge in [-0.3, -0.25) is 4.90 Å². The molecule has 2 nitrogen and oxygen atoms in total. The summed E-state index contributed by atoms with van der Waals surface area (Å²) in [5, 5.41) is 0. The molecule has 1 aliphatic heterocycles. The Morgan fingerprint density at radius 2 is 2.09 bits per heavy atom. The van der Waals surface area contributed by atoms with Crippen molar-refractivity contribution in [3.8, 4) is 0 Å². The number of rotatable bonds is 3. The second kappa shape index (κ2) is 5.01. The van der Waals surface area contributed by atoms with Crippen LogP contribution >= 0.6 is 11.8 Å². The molecule has 0 saturated carbocycles. The van der Waals surface area contributed by atoms with Crippen LogP contribution in [0.25, 0.3) is 0 Å². The van der Waals surface area contributed by atoms with Crippen molar-refractivity contribution in [3.63, 3.8) is 0 Å².